The standard InChI is InChI=1S/C18H22N4O2/c1-10-11(2)20-15(12(3)19-10)6-7-16-13(4)22-17(14(5)21-16)18-23-8-9-24-18/h6-7,18H,8-9H2,1-5H3/b7-6+. The highest BCUT2D eigenvalue weighted by Gasteiger charge is 2.23. The van der Waals surface area contributed by atoms with Gasteiger partial charge in [0, 0.05) is 0 Å². The van der Waals surface area contributed by atoms with Crippen molar-refractivity contribution in [2.45, 2.75) is 40.9 Å². The zero-order valence-corrected chi connectivity index (χ0v) is 14.8. The van der Waals surface area contributed by atoms with Gasteiger partial charge >= 0.3 is 0 Å². The monoisotopic (exact) mass is 326 g/mol. The quantitative estimate of drug-likeness (QED) is 0.863. The molecule has 0 atom stereocenters. The first kappa shape index (κ1) is 16.7. The molecule has 2 aromatic rings. The average molecular weight is 326 g/mol. The maximum atomic E-state index is 5.52. The molecule has 1 fully saturated rings. The number of nitrogens with zero attached hydrogens (tertiary/aromatic N) is 4. The highest BCUT2D eigenvalue weighted by Crippen LogP contribution is 2.24. The Kier molecular flexibility index (Phi) is 4.69. The predicted octanol–water partition coefficient (Wildman–Crippen LogP) is 3.02. The molecule has 1 saturated heterocycles. The summed E-state index contributed by atoms with van der Waals surface area (Å²) in [4.78, 5) is 18.4. The van der Waals surface area contributed by atoms with Crippen molar-refractivity contribution in [2.75, 3.05) is 13.2 Å². The van der Waals surface area contributed by atoms with Crippen molar-refractivity contribution >= 4 is 12.2 Å². The van der Waals surface area contributed by atoms with Crippen molar-refractivity contribution in [3.8, 4) is 0 Å². The highest BCUT2D eigenvalue weighted by molar-refractivity contribution is 5.68. The van der Waals surface area contributed by atoms with Crippen molar-refractivity contribution < 1.29 is 9.47 Å². The molecule has 3 rings (SSSR count). The molecule has 24 heavy (non-hydrogen) atoms. The van der Waals surface area contributed by atoms with E-state index in [1.54, 1.807) is 0 Å². The van der Waals surface area contributed by atoms with Gasteiger partial charge in [-0.05, 0) is 46.8 Å². The Morgan fingerprint density at radius 2 is 1.17 bits per heavy atom. The lowest BCUT2D eigenvalue weighted by atomic mass is 10.2. The molecule has 0 aliphatic carbocycles. The third-order valence-electron chi connectivity index (χ3n) is 4.08. The van der Waals surface area contributed by atoms with Crippen molar-refractivity contribution in [1.82, 2.24) is 19.9 Å². The first-order valence-electron chi connectivity index (χ1n) is 8.04. The number of rotatable bonds is 3. The van der Waals surface area contributed by atoms with E-state index in [1.165, 1.54) is 0 Å². The first-order valence-corrected chi connectivity index (χ1v) is 8.04. The van der Waals surface area contributed by atoms with Crippen LogP contribution in [-0.2, 0) is 9.47 Å². The van der Waals surface area contributed by atoms with E-state index < -0.39 is 6.29 Å². The van der Waals surface area contributed by atoms with Crippen LogP contribution >= 0.6 is 0 Å². The van der Waals surface area contributed by atoms with E-state index in [0.717, 1.165) is 45.6 Å². The van der Waals surface area contributed by atoms with Crippen LogP contribution in [0.15, 0.2) is 0 Å². The number of ether oxygens (including phenoxy) is 2. The van der Waals surface area contributed by atoms with Crippen molar-refractivity contribution in [1.29, 1.82) is 0 Å². The minimum atomic E-state index is -0.401. The molecule has 0 aromatic carbocycles. The minimum Gasteiger partial charge on any atom is -0.345 e. The third kappa shape index (κ3) is 3.34. The van der Waals surface area contributed by atoms with Gasteiger partial charge in [0.15, 0.2) is 0 Å². The molecule has 0 saturated carbocycles. The third-order valence-corrected chi connectivity index (χ3v) is 4.08. The Morgan fingerprint density at radius 1 is 0.667 bits per heavy atom. The lowest BCUT2D eigenvalue weighted by Gasteiger charge is -2.12. The summed E-state index contributed by atoms with van der Waals surface area (Å²) in [5.74, 6) is 0. The molecule has 1 aliphatic heterocycles. The summed E-state index contributed by atoms with van der Waals surface area (Å²) in [5.41, 5.74) is 6.86. The molecular formula is C18H22N4O2. The van der Waals surface area contributed by atoms with Crippen LogP contribution in [0.1, 0.15) is 51.8 Å². The van der Waals surface area contributed by atoms with Crippen LogP contribution in [0.3, 0.4) is 0 Å². The summed E-state index contributed by atoms with van der Waals surface area (Å²) in [7, 11) is 0. The summed E-state index contributed by atoms with van der Waals surface area (Å²) >= 11 is 0. The van der Waals surface area contributed by atoms with Crippen LogP contribution in [0.5, 0.6) is 0 Å². The number of aryl methyl sites for hydroxylation is 5. The van der Waals surface area contributed by atoms with E-state index >= 15 is 0 Å². The number of aromatic nitrogens is 4. The van der Waals surface area contributed by atoms with Gasteiger partial charge in [-0.25, -0.2) is 15.0 Å². The Hall–Kier alpha value is -2.18. The number of hydrogen-bond donors (Lipinski definition) is 0. The fourth-order valence-corrected chi connectivity index (χ4v) is 2.58. The highest BCUT2D eigenvalue weighted by atomic mass is 16.7. The van der Waals surface area contributed by atoms with Crippen LogP contribution in [0.4, 0.5) is 0 Å². The fraction of sp³-hybridized carbons (Fsp3) is 0.444. The van der Waals surface area contributed by atoms with Gasteiger partial charge in [-0.3, -0.25) is 4.98 Å². The molecule has 0 spiro atoms. The molecule has 6 nitrogen and oxygen atoms in total. The molecular weight excluding hydrogens is 304 g/mol. The maximum absolute atomic E-state index is 5.52. The van der Waals surface area contributed by atoms with Crippen molar-refractivity contribution in [3.63, 3.8) is 0 Å². The van der Waals surface area contributed by atoms with Crippen molar-refractivity contribution in [3.05, 3.63) is 45.6 Å². The SMILES string of the molecule is Cc1nc(C)c(/C=C/c2nc(C)c(C3OCCO3)nc2C)nc1C. The van der Waals surface area contributed by atoms with E-state index in [4.69, 9.17) is 9.47 Å². The van der Waals surface area contributed by atoms with Crippen LogP contribution < -0.4 is 0 Å². The molecule has 0 amide bonds. The van der Waals surface area contributed by atoms with E-state index in [-0.39, 0.29) is 0 Å². The molecule has 0 bridgehead atoms. The Balaban J connectivity index is 1.90. The van der Waals surface area contributed by atoms with Gasteiger partial charge in [-0.15, -0.1) is 0 Å². The second-order valence-electron chi connectivity index (χ2n) is 5.94. The molecule has 2 aromatic heterocycles. The second kappa shape index (κ2) is 6.75. The van der Waals surface area contributed by atoms with Gasteiger partial charge in [0.05, 0.1) is 53.1 Å². The van der Waals surface area contributed by atoms with Gasteiger partial charge < -0.3 is 9.47 Å². The summed E-state index contributed by atoms with van der Waals surface area (Å²) in [6.07, 6.45) is 3.47. The van der Waals surface area contributed by atoms with Gasteiger partial charge in [0.25, 0.3) is 0 Å². The van der Waals surface area contributed by atoms with Gasteiger partial charge in [0.2, 0.25) is 6.29 Å². The van der Waals surface area contributed by atoms with E-state index in [2.05, 4.69) is 19.9 Å². The Morgan fingerprint density at radius 3 is 1.79 bits per heavy atom. The predicted molar refractivity (Wildman–Crippen MR) is 91.3 cm³/mol. The summed E-state index contributed by atoms with van der Waals surface area (Å²) < 4.78 is 11.0. The molecule has 126 valence electrons. The van der Waals surface area contributed by atoms with Gasteiger partial charge in [0.1, 0.15) is 5.69 Å². The minimum absolute atomic E-state index is 0.401. The average Bonchev–Trinajstić information content (AvgIpc) is 3.06. The van der Waals surface area contributed by atoms with Crippen molar-refractivity contribution in [2.24, 2.45) is 0 Å². The molecule has 0 N–H and O–H groups in total. The van der Waals surface area contributed by atoms with E-state index in [9.17, 15) is 0 Å². The molecule has 3 heterocycles. The lowest BCUT2D eigenvalue weighted by molar-refractivity contribution is -0.0481. The summed E-state index contributed by atoms with van der Waals surface area (Å²) in [5, 5.41) is 0. The largest absolute Gasteiger partial charge is 0.345 e. The van der Waals surface area contributed by atoms with E-state index in [1.807, 2.05) is 46.8 Å². The zero-order valence-electron chi connectivity index (χ0n) is 14.8. The smallest absolute Gasteiger partial charge is 0.203 e. The molecule has 6 heteroatoms. The molecule has 0 unspecified atom stereocenters. The first-order chi connectivity index (χ1) is 11.5. The molecule has 1 aliphatic rings. The van der Waals surface area contributed by atoms with E-state index in [0.29, 0.717) is 13.2 Å². The van der Waals surface area contributed by atoms with Gasteiger partial charge in [-0.2, -0.15) is 0 Å². The lowest BCUT2D eigenvalue weighted by Crippen LogP contribution is -2.08. The number of hydrogen-bond acceptors (Lipinski definition) is 6. The van der Waals surface area contributed by atoms with Crippen LogP contribution in [0, 0.1) is 34.6 Å². The Labute approximate surface area is 142 Å². The topological polar surface area (TPSA) is 70.0 Å². The van der Waals surface area contributed by atoms with Gasteiger partial charge in [-0.1, -0.05) is 0 Å². The Bertz CT molecular complexity index is 796. The normalized spacial score (nSPS) is 15.5. The maximum Gasteiger partial charge on any atom is 0.203 e. The van der Waals surface area contributed by atoms with Crippen LogP contribution in [0.25, 0.3) is 12.2 Å². The van der Waals surface area contributed by atoms with Crippen LogP contribution in [0.2, 0.25) is 0 Å². The second-order valence-corrected chi connectivity index (χ2v) is 5.94. The summed E-state index contributed by atoms with van der Waals surface area (Å²) in [6.45, 7) is 10.9. The summed E-state index contributed by atoms with van der Waals surface area (Å²) in [6, 6.07) is 0. The zero-order chi connectivity index (χ0) is 17.3. The molecule has 0 radical (unpaired) electrons. The van der Waals surface area contributed by atoms with Crippen LogP contribution in [-0.4, -0.2) is 33.1 Å². The fourth-order valence-electron chi connectivity index (χ4n) is 2.58.